The fourth-order valence-electron chi connectivity index (χ4n) is 4.15. The molecule has 2 saturated heterocycles. The summed E-state index contributed by atoms with van der Waals surface area (Å²) in [7, 11) is 0. The van der Waals surface area contributed by atoms with Gasteiger partial charge in [-0.2, -0.15) is 5.26 Å². The highest BCUT2D eigenvalue weighted by atomic mass is 16.2. The topological polar surface area (TPSA) is 77.2 Å². The normalized spacial score (nSPS) is 22.8. The molecule has 2 aromatic rings. The van der Waals surface area contributed by atoms with Gasteiger partial charge in [0, 0.05) is 38.4 Å². The zero-order chi connectivity index (χ0) is 19.3. The van der Waals surface area contributed by atoms with Crippen LogP contribution in [-0.2, 0) is 11.3 Å². The van der Waals surface area contributed by atoms with E-state index in [2.05, 4.69) is 50.2 Å². The first kappa shape index (κ1) is 18.5. The van der Waals surface area contributed by atoms with E-state index < -0.39 is 0 Å². The lowest BCUT2D eigenvalue weighted by Crippen LogP contribution is -2.35. The van der Waals surface area contributed by atoms with Gasteiger partial charge in [0.1, 0.15) is 0 Å². The van der Waals surface area contributed by atoms with Crippen LogP contribution in [0.1, 0.15) is 30.9 Å². The van der Waals surface area contributed by atoms with Gasteiger partial charge in [0.15, 0.2) is 12.0 Å². The first-order chi connectivity index (χ1) is 13.7. The molecule has 2 atom stereocenters. The summed E-state index contributed by atoms with van der Waals surface area (Å²) >= 11 is 0. The molecule has 28 heavy (non-hydrogen) atoms. The zero-order valence-corrected chi connectivity index (χ0v) is 16.0. The van der Waals surface area contributed by atoms with Gasteiger partial charge in [-0.05, 0) is 31.4 Å². The molecule has 0 bridgehead atoms. The first-order valence-corrected chi connectivity index (χ1v) is 9.96. The minimum atomic E-state index is -0.138. The molecule has 7 heteroatoms. The average molecular weight is 378 g/mol. The zero-order valence-electron chi connectivity index (χ0n) is 16.0. The lowest BCUT2D eigenvalue weighted by Gasteiger charge is -2.33. The summed E-state index contributed by atoms with van der Waals surface area (Å²) in [5, 5.41) is 11.9. The van der Waals surface area contributed by atoms with Crippen molar-refractivity contribution in [2.45, 2.75) is 31.8 Å². The van der Waals surface area contributed by atoms with Crippen LogP contribution in [0.3, 0.4) is 0 Å². The predicted molar refractivity (Wildman–Crippen MR) is 106 cm³/mol. The maximum absolute atomic E-state index is 12.4. The molecule has 1 unspecified atom stereocenters. The molecule has 146 valence electrons. The third-order valence-electron chi connectivity index (χ3n) is 5.70. The molecule has 2 aliphatic heterocycles. The first-order valence-electron chi connectivity index (χ1n) is 9.96. The quantitative estimate of drug-likeness (QED) is 0.809. The van der Waals surface area contributed by atoms with Crippen molar-refractivity contribution >= 4 is 11.7 Å². The Bertz CT molecular complexity index is 842. The number of imidazole rings is 1. The van der Waals surface area contributed by atoms with Gasteiger partial charge in [0.05, 0.1) is 12.2 Å². The summed E-state index contributed by atoms with van der Waals surface area (Å²) in [6, 6.07) is 10.9. The van der Waals surface area contributed by atoms with Crippen LogP contribution in [0, 0.1) is 17.4 Å². The molecule has 0 saturated carbocycles. The standard InChI is InChI=1S/C21H26N6O/c22-15-26-10-8-18(12-26)21(28)24-20-14-27(16-23-20)19-7-4-9-25(13-19)11-17-5-2-1-3-6-17/h1-3,5-6,14,16,18-19H,4,7-13H2,(H,24,28)/t18-,19?/m0/s1. The van der Waals surface area contributed by atoms with Crippen LogP contribution in [0.5, 0.6) is 0 Å². The molecule has 2 fully saturated rings. The molecule has 1 aromatic carbocycles. The Kier molecular flexibility index (Phi) is 5.58. The fraction of sp³-hybridized carbons (Fsp3) is 0.476. The SMILES string of the molecule is N#CN1CC[C@H](C(=O)Nc2cn(C3CCCN(Cc4ccccc4)C3)cn2)C1. The summed E-state index contributed by atoms with van der Waals surface area (Å²) in [6.45, 7) is 4.22. The Morgan fingerprint density at radius 3 is 2.86 bits per heavy atom. The Morgan fingerprint density at radius 1 is 1.21 bits per heavy atom. The number of nitrogens with zero attached hydrogens (tertiary/aromatic N) is 5. The number of nitriles is 1. The van der Waals surface area contributed by atoms with Crippen molar-refractivity contribution in [1.29, 1.82) is 5.26 Å². The van der Waals surface area contributed by atoms with Crippen molar-refractivity contribution in [3.63, 3.8) is 0 Å². The van der Waals surface area contributed by atoms with Crippen molar-refractivity contribution in [2.75, 3.05) is 31.5 Å². The fourth-order valence-corrected chi connectivity index (χ4v) is 4.15. The average Bonchev–Trinajstić information content (AvgIpc) is 3.38. The van der Waals surface area contributed by atoms with E-state index in [-0.39, 0.29) is 11.8 Å². The van der Waals surface area contributed by atoms with Crippen LogP contribution in [0.4, 0.5) is 5.82 Å². The van der Waals surface area contributed by atoms with Gasteiger partial charge in [-0.3, -0.25) is 9.69 Å². The van der Waals surface area contributed by atoms with Gasteiger partial charge >= 0.3 is 0 Å². The Balaban J connectivity index is 1.33. The predicted octanol–water partition coefficient (Wildman–Crippen LogP) is 2.46. The molecule has 0 spiro atoms. The van der Waals surface area contributed by atoms with Gasteiger partial charge in [0.25, 0.3) is 0 Å². The highest BCUT2D eigenvalue weighted by Crippen LogP contribution is 2.24. The number of carbonyl (C=O) groups is 1. The number of nitrogens with one attached hydrogen (secondary N) is 1. The van der Waals surface area contributed by atoms with E-state index in [4.69, 9.17) is 5.26 Å². The molecule has 1 N–H and O–H groups in total. The lowest BCUT2D eigenvalue weighted by atomic mass is 10.0. The van der Waals surface area contributed by atoms with E-state index in [0.717, 1.165) is 38.9 Å². The number of hydrogen-bond acceptors (Lipinski definition) is 5. The number of piperidine rings is 1. The third kappa shape index (κ3) is 4.34. The summed E-state index contributed by atoms with van der Waals surface area (Å²) in [4.78, 5) is 20.9. The van der Waals surface area contributed by atoms with Crippen molar-refractivity contribution in [3.8, 4) is 6.19 Å². The van der Waals surface area contributed by atoms with E-state index in [1.807, 2.05) is 18.6 Å². The molecule has 7 nitrogen and oxygen atoms in total. The van der Waals surface area contributed by atoms with Crippen molar-refractivity contribution in [2.24, 2.45) is 5.92 Å². The second kappa shape index (κ2) is 8.44. The Morgan fingerprint density at radius 2 is 2.07 bits per heavy atom. The van der Waals surface area contributed by atoms with Crippen LogP contribution in [0.2, 0.25) is 0 Å². The number of anilines is 1. The molecule has 4 rings (SSSR count). The summed E-state index contributed by atoms with van der Waals surface area (Å²) < 4.78 is 2.13. The number of hydrogen-bond donors (Lipinski definition) is 1. The van der Waals surface area contributed by atoms with Crippen molar-refractivity contribution in [1.82, 2.24) is 19.4 Å². The van der Waals surface area contributed by atoms with E-state index in [1.165, 1.54) is 5.56 Å². The summed E-state index contributed by atoms with van der Waals surface area (Å²) in [6.07, 6.45) is 8.86. The maximum atomic E-state index is 12.4. The third-order valence-corrected chi connectivity index (χ3v) is 5.70. The maximum Gasteiger partial charge on any atom is 0.230 e. The van der Waals surface area contributed by atoms with E-state index >= 15 is 0 Å². The second-order valence-corrected chi connectivity index (χ2v) is 7.74. The number of carbonyl (C=O) groups excluding carboxylic acids is 1. The number of rotatable bonds is 5. The van der Waals surface area contributed by atoms with Crippen molar-refractivity contribution in [3.05, 3.63) is 48.4 Å². The summed E-state index contributed by atoms with van der Waals surface area (Å²) in [5.74, 6) is 0.416. The smallest absolute Gasteiger partial charge is 0.230 e. The van der Waals surface area contributed by atoms with Gasteiger partial charge in [0.2, 0.25) is 5.91 Å². The second-order valence-electron chi connectivity index (χ2n) is 7.74. The van der Waals surface area contributed by atoms with Gasteiger partial charge in [-0.15, -0.1) is 0 Å². The Hall–Kier alpha value is -2.85. The van der Waals surface area contributed by atoms with E-state index in [1.54, 1.807) is 4.90 Å². The largest absolute Gasteiger partial charge is 0.331 e. The summed E-state index contributed by atoms with van der Waals surface area (Å²) in [5.41, 5.74) is 1.34. The van der Waals surface area contributed by atoms with Crippen molar-refractivity contribution < 1.29 is 4.79 Å². The molecule has 1 aromatic heterocycles. The minimum Gasteiger partial charge on any atom is -0.331 e. The van der Waals surface area contributed by atoms with Crippen LogP contribution in [-0.4, -0.2) is 51.4 Å². The minimum absolute atomic E-state index is 0.0441. The Labute approximate surface area is 165 Å². The number of likely N-dealkylation sites (tertiary alicyclic amines) is 2. The lowest BCUT2D eigenvalue weighted by molar-refractivity contribution is -0.119. The monoisotopic (exact) mass is 378 g/mol. The molecule has 1 amide bonds. The molecule has 0 aliphatic carbocycles. The van der Waals surface area contributed by atoms with Gasteiger partial charge in [-0.25, -0.2) is 4.98 Å². The molecule has 0 radical (unpaired) electrons. The molecule has 3 heterocycles. The highest BCUT2D eigenvalue weighted by molar-refractivity contribution is 5.91. The molecular weight excluding hydrogens is 352 g/mol. The number of amides is 1. The number of aromatic nitrogens is 2. The van der Waals surface area contributed by atoms with E-state index in [9.17, 15) is 4.79 Å². The van der Waals surface area contributed by atoms with Gasteiger partial charge in [-0.1, -0.05) is 30.3 Å². The molecule has 2 aliphatic rings. The molecular formula is C21H26N6O. The number of benzene rings is 1. The van der Waals surface area contributed by atoms with E-state index in [0.29, 0.717) is 24.9 Å². The van der Waals surface area contributed by atoms with Crippen LogP contribution < -0.4 is 5.32 Å². The van der Waals surface area contributed by atoms with Crippen LogP contribution in [0.25, 0.3) is 0 Å². The van der Waals surface area contributed by atoms with Crippen LogP contribution in [0.15, 0.2) is 42.9 Å². The van der Waals surface area contributed by atoms with Crippen LogP contribution >= 0.6 is 0 Å². The van der Waals surface area contributed by atoms with Gasteiger partial charge < -0.3 is 14.8 Å². The highest BCUT2D eigenvalue weighted by Gasteiger charge is 2.28.